The molecule has 0 N–H and O–H groups in total. The van der Waals surface area contributed by atoms with Gasteiger partial charge in [0.05, 0.1) is 12.5 Å². The van der Waals surface area contributed by atoms with Crippen LogP contribution in [0.25, 0.3) is 0 Å². The van der Waals surface area contributed by atoms with Gasteiger partial charge in [-0.3, -0.25) is 4.79 Å². The molecule has 62 valence electrons. The van der Waals surface area contributed by atoms with E-state index in [2.05, 4.69) is 6.92 Å². The van der Waals surface area contributed by atoms with E-state index in [1.54, 1.807) is 11.8 Å². The number of rotatable bonds is 3. The minimum Gasteiger partial charge on any atom is -0.465 e. The molecular formula is C8H12O2S. The lowest BCUT2D eigenvalue weighted by molar-refractivity contribution is -0.140. The van der Waals surface area contributed by atoms with Crippen LogP contribution in [0.4, 0.5) is 0 Å². The third-order valence-corrected chi connectivity index (χ3v) is 2.23. The van der Waals surface area contributed by atoms with Gasteiger partial charge in [0.15, 0.2) is 0 Å². The highest BCUT2D eigenvalue weighted by atomic mass is 32.2. The van der Waals surface area contributed by atoms with Crippen molar-refractivity contribution in [1.82, 2.24) is 0 Å². The number of thioether (sulfide) groups is 1. The first-order valence-electron chi connectivity index (χ1n) is 3.79. The van der Waals surface area contributed by atoms with Crippen molar-refractivity contribution in [2.24, 2.45) is 5.92 Å². The molecule has 0 aromatic heterocycles. The van der Waals surface area contributed by atoms with Gasteiger partial charge in [0.1, 0.15) is 0 Å². The molecule has 0 spiro atoms. The van der Waals surface area contributed by atoms with E-state index in [-0.39, 0.29) is 11.9 Å². The zero-order valence-electron chi connectivity index (χ0n) is 6.58. The topological polar surface area (TPSA) is 26.3 Å². The van der Waals surface area contributed by atoms with E-state index in [1.807, 2.05) is 11.5 Å². The number of carbonyl (C=O) groups excluding carboxylic acids is 1. The molecule has 0 unspecified atom stereocenters. The smallest absolute Gasteiger partial charge is 0.312 e. The highest BCUT2D eigenvalue weighted by Gasteiger charge is 2.23. The van der Waals surface area contributed by atoms with E-state index in [0.717, 1.165) is 12.2 Å². The maximum atomic E-state index is 10.9. The summed E-state index contributed by atoms with van der Waals surface area (Å²) in [5.74, 6) is 1.00. The van der Waals surface area contributed by atoms with Crippen molar-refractivity contribution in [2.75, 3.05) is 12.4 Å². The van der Waals surface area contributed by atoms with Crippen molar-refractivity contribution < 1.29 is 9.53 Å². The molecule has 1 fully saturated rings. The summed E-state index contributed by atoms with van der Waals surface area (Å²) in [4.78, 5) is 10.9. The van der Waals surface area contributed by atoms with Gasteiger partial charge in [0.25, 0.3) is 0 Å². The van der Waals surface area contributed by atoms with E-state index in [1.165, 1.54) is 0 Å². The van der Waals surface area contributed by atoms with Crippen molar-refractivity contribution in [1.29, 1.82) is 0 Å². The van der Waals surface area contributed by atoms with E-state index < -0.39 is 0 Å². The van der Waals surface area contributed by atoms with Gasteiger partial charge in [0, 0.05) is 0 Å². The van der Waals surface area contributed by atoms with Gasteiger partial charge in [-0.2, -0.15) is 0 Å². The average molecular weight is 172 g/mol. The first-order chi connectivity index (χ1) is 5.34. The summed E-state index contributed by atoms with van der Waals surface area (Å²) in [7, 11) is 0. The number of hydrogen-bond donors (Lipinski definition) is 0. The lowest BCUT2D eigenvalue weighted by Gasteiger charge is -1.94. The zero-order chi connectivity index (χ0) is 8.10. The highest BCUT2D eigenvalue weighted by molar-refractivity contribution is 8.02. The Balaban J connectivity index is 2.30. The standard InChI is InChI=1S/C8H12O2S/c1-2-11-6-4-7-3-5-10-8(7)9/h4,6-7H,2-3,5H2,1H3/b6-4+/t7-/m0/s1. The summed E-state index contributed by atoms with van der Waals surface area (Å²) in [5.41, 5.74) is 0. The minimum absolute atomic E-state index is 0.0223. The molecule has 0 aromatic rings. The molecule has 1 atom stereocenters. The molecule has 1 aliphatic rings. The Morgan fingerprint density at radius 2 is 2.64 bits per heavy atom. The lowest BCUT2D eigenvalue weighted by atomic mass is 10.1. The van der Waals surface area contributed by atoms with E-state index in [9.17, 15) is 4.79 Å². The molecule has 0 radical (unpaired) electrons. The average Bonchev–Trinajstić information content (AvgIpc) is 2.37. The van der Waals surface area contributed by atoms with E-state index in [0.29, 0.717) is 6.61 Å². The molecule has 0 amide bonds. The largest absolute Gasteiger partial charge is 0.465 e. The molecule has 1 aliphatic heterocycles. The van der Waals surface area contributed by atoms with Gasteiger partial charge < -0.3 is 4.74 Å². The second-order valence-corrected chi connectivity index (χ2v) is 3.53. The van der Waals surface area contributed by atoms with Crippen LogP contribution in [0.1, 0.15) is 13.3 Å². The number of ether oxygens (including phenoxy) is 1. The molecule has 1 heterocycles. The Bertz CT molecular complexity index is 165. The van der Waals surface area contributed by atoms with Crippen LogP contribution in [0.15, 0.2) is 11.5 Å². The van der Waals surface area contributed by atoms with Crippen molar-refractivity contribution >= 4 is 17.7 Å². The molecule has 0 bridgehead atoms. The third kappa shape index (κ3) is 2.58. The molecule has 1 saturated heterocycles. The summed E-state index contributed by atoms with van der Waals surface area (Å²) < 4.78 is 4.80. The third-order valence-electron chi connectivity index (χ3n) is 1.55. The zero-order valence-corrected chi connectivity index (χ0v) is 7.39. The fourth-order valence-corrected chi connectivity index (χ4v) is 1.43. The first kappa shape index (κ1) is 8.65. The SMILES string of the molecule is CCS/C=C/[C@@H]1CCOC1=O. The molecule has 0 saturated carbocycles. The highest BCUT2D eigenvalue weighted by Crippen LogP contribution is 2.17. The fourth-order valence-electron chi connectivity index (χ4n) is 0.933. The Kier molecular flexibility index (Phi) is 3.49. The Morgan fingerprint density at radius 1 is 1.82 bits per heavy atom. The Hall–Kier alpha value is -0.440. The molecule has 3 heteroatoms. The van der Waals surface area contributed by atoms with Crippen LogP contribution in [0.5, 0.6) is 0 Å². The molecule has 11 heavy (non-hydrogen) atoms. The van der Waals surface area contributed by atoms with E-state index >= 15 is 0 Å². The van der Waals surface area contributed by atoms with Gasteiger partial charge in [-0.15, -0.1) is 11.8 Å². The quantitative estimate of drug-likeness (QED) is 0.607. The van der Waals surface area contributed by atoms with Crippen molar-refractivity contribution in [3.8, 4) is 0 Å². The monoisotopic (exact) mass is 172 g/mol. The predicted octanol–water partition coefficient (Wildman–Crippen LogP) is 1.82. The predicted molar refractivity (Wildman–Crippen MR) is 46.3 cm³/mol. The van der Waals surface area contributed by atoms with Gasteiger partial charge >= 0.3 is 5.97 Å². The van der Waals surface area contributed by atoms with Crippen molar-refractivity contribution in [3.63, 3.8) is 0 Å². The maximum Gasteiger partial charge on any atom is 0.312 e. The van der Waals surface area contributed by atoms with Gasteiger partial charge in [-0.1, -0.05) is 13.0 Å². The maximum absolute atomic E-state index is 10.9. The summed E-state index contributed by atoms with van der Waals surface area (Å²) in [6.45, 7) is 2.67. The molecule has 2 nitrogen and oxygen atoms in total. The van der Waals surface area contributed by atoms with Crippen LogP contribution in [0, 0.1) is 5.92 Å². The van der Waals surface area contributed by atoms with Gasteiger partial charge in [-0.05, 0) is 17.6 Å². The van der Waals surface area contributed by atoms with Crippen LogP contribution in [0.2, 0.25) is 0 Å². The van der Waals surface area contributed by atoms with Crippen LogP contribution in [0.3, 0.4) is 0 Å². The van der Waals surface area contributed by atoms with Crippen LogP contribution in [-0.4, -0.2) is 18.3 Å². The van der Waals surface area contributed by atoms with Crippen LogP contribution >= 0.6 is 11.8 Å². The summed E-state index contributed by atoms with van der Waals surface area (Å²) in [5, 5.41) is 1.98. The molecule has 0 aliphatic carbocycles. The Labute approximate surface area is 71.0 Å². The van der Waals surface area contributed by atoms with Gasteiger partial charge in [-0.25, -0.2) is 0 Å². The molecule has 1 rings (SSSR count). The summed E-state index contributed by atoms with van der Waals surface area (Å²) in [6.07, 6.45) is 2.78. The summed E-state index contributed by atoms with van der Waals surface area (Å²) in [6, 6.07) is 0. The number of esters is 1. The molecular weight excluding hydrogens is 160 g/mol. The van der Waals surface area contributed by atoms with Gasteiger partial charge in [0.2, 0.25) is 0 Å². The first-order valence-corrected chi connectivity index (χ1v) is 4.84. The summed E-state index contributed by atoms with van der Waals surface area (Å²) >= 11 is 1.71. The lowest BCUT2D eigenvalue weighted by Crippen LogP contribution is -2.03. The normalized spacial score (nSPS) is 24.5. The van der Waals surface area contributed by atoms with Crippen molar-refractivity contribution in [2.45, 2.75) is 13.3 Å². The van der Waals surface area contributed by atoms with E-state index in [4.69, 9.17) is 4.74 Å². The molecule has 0 aromatic carbocycles. The fraction of sp³-hybridized carbons (Fsp3) is 0.625. The Morgan fingerprint density at radius 3 is 3.18 bits per heavy atom. The second kappa shape index (κ2) is 4.44. The van der Waals surface area contributed by atoms with Crippen LogP contribution in [-0.2, 0) is 9.53 Å². The number of hydrogen-bond acceptors (Lipinski definition) is 3. The second-order valence-electron chi connectivity index (χ2n) is 2.35. The number of carbonyl (C=O) groups is 1. The minimum atomic E-state index is -0.0713. The van der Waals surface area contributed by atoms with Crippen molar-refractivity contribution in [3.05, 3.63) is 11.5 Å². The number of cyclic esters (lactones) is 1. The van der Waals surface area contributed by atoms with Crippen LogP contribution < -0.4 is 0 Å².